The van der Waals surface area contributed by atoms with Crippen molar-refractivity contribution in [2.45, 2.75) is 84.5 Å². The molecule has 8 nitrogen and oxygen atoms in total. The van der Waals surface area contributed by atoms with E-state index in [2.05, 4.69) is 74.0 Å². The maximum Gasteiger partial charge on any atom is 0.252 e. The molecule has 1 N–H and O–H groups in total. The molecule has 8 heteroatoms. The summed E-state index contributed by atoms with van der Waals surface area (Å²) in [6.07, 6.45) is 10.4. The van der Waals surface area contributed by atoms with E-state index in [-0.39, 0.29) is 11.6 Å². The third-order valence-electron chi connectivity index (χ3n) is 7.44. The van der Waals surface area contributed by atoms with Crippen LogP contribution < -0.4 is 5.56 Å². The molecule has 0 radical (unpaired) electrons. The van der Waals surface area contributed by atoms with E-state index in [1.165, 1.54) is 19.3 Å². The Labute approximate surface area is 211 Å². The van der Waals surface area contributed by atoms with Crippen LogP contribution >= 0.6 is 0 Å². The number of nitrogens with one attached hydrogen (secondary N) is 1. The molecule has 1 fully saturated rings. The molecule has 3 aromatic heterocycles. The third kappa shape index (κ3) is 5.09. The van der Waals surface area contributed by atoms with Gasteiger partial charge in [0.2, 0.25) is 0 Å². The number of aromatic nitrogens is 6. The summed E-state index contributed by atoms with van der Waals surface area (Å²) in [6, 6.07) is 10.6. The van der Waals surface area contributed by atoms with Gasteiger partial charge in [-0.3, -0.25) is 14.7 Å². The summed E-state index contributed by atoms with van der Waals surface area (Å²) in [4.78, 5) is 23.0. The van der Waals surface area contributed by atoms with E-state index in [1.54, 1.807) is 6.20 Å². The molecule has 0 amide bonds. The highest BCUT2D eigenvalue weighted by Crippen LogP contribution is 2.32. The summed E-state index contributed by atoms with van der Waals surface area (Å²) in [7, 11) is 0. The highest BCUT2D eigenvalue weighted by Gasteiger charge is 2.29. The van der Waals surface area contributed by atoms with Crippen molar-refractivity contribution < 1.29 is 0 Å². The zero-order chi connectivity index (χ0) is 25.1. The average molecular weight is 486 g/mol. The van der Waals surface area contributed by atoms with E-state index in [0.717, 1.165) is 58.2 Å². The van der Waals surface area contributed by atoms with Gasteiger partial charge in [0.15, 0.2) is 5.82 Å². The van der Waals surface area contributed by atoms with Crippen LogP contribution in [0.3, 0.4) is 0 Å². The molecule has 1 aromatic carbocycles. The van der Waals surface area contributed by atoms with Crippen LogP contribution in [0.15, 0.2) is 47.5 Å². The number of hydrogen-bond acceptors (Lipinski definition) is 6. The lowest BCUT2D eigenvalue weighted by Crippen LogP contribution is -2.33. The molecular weight excluding hydrogens is 450 g/mol. The lowest BCUT2D eigenvalue weighted by atomic mass is 9.95. The molecule has 0 aliphatic heterocycles. The third-order valence-corrected chi connectivity index (χ3v) is 7.44. The first kappa shape index (κ1) is 24.3. The topological polar surface area (TPSA) is 92.6 Å². The quantitative estimate of drug-likeness (QED) is 0.369. The van der Waals surface area contributed by atoms with Crippen LogP contribution in [0, 0.1) is 13.8 Å². The Morgan fingerprint density at radius 3 is 2.72 bits per heavy atom. The van der Waals surface area contributed by atoms with Crippen molar-refractivity contribution in [2.75, 3.05) is 0 Å². The van der Waals surface area contributed by atoms with E-state index in [9.17, 15) is 4.79 Å². The molecule has 188 valence electrons. The second-order valence-corrected chi connectivity index (χ2v) is 10.1. The fraction of sp³-hybridized carbons (Fsp3) is 0.464. The van der Waals surface area contributed by atoms with Crippen molar-refractivity contribution in [3.8, 4) is 0 Å². The molecule has 36 heavy (non-hydrogen) atoms. The Hall–Kier alpha value is -3.39. The van der Waals surface area contributed by atoms with Crippen LogP contribution in [0.2, 0.25) is 0 Å². The van der Waals surface area contributed by atoms with E-state index < -0.39 is 0 Å². The molecule has 1 aliphatic carbocycles. The van der Waals surface area contributed by atoms with E-state index in [0.29, 0.717) is 19.1 Å². The molecule has 1 atom stereocenters. The molecule has 1 unspecified atom stereocenters. The number of aromatic amines is 1. The van der Waals surface area contributed by atoms with Gasteiger partial charge < -0.3 is 4.98 Å². The zero-order valence-corrected chi connectivity index (χ0v) is 21.4. The summed E-state index contributed by atoms with van der Waals surface area (Å²) >= 11 is 0. The van der Waals surface area contributed by atoms with Crippen molar-refractivity contribution in [3.63, 3.8) is 0 Å². The van der Waals surface area contributed by atoms with Gasteiger partial charge in [0.1, 0.15) is 0 Å². The van der Waals surface area contributed by atoms with Crippen molar-refractivity contribution in [2.24, 2.45) is 0 Å². The number of rotatable bonds is 8. The molecule has 5 rings (SSSR count). The summed E-state index contributed by atoms with van der Waals surface area (Å²) in [5, 5.41) is 14.1. The molecule has 3 heterocycles. The monoisotopic (exact) mass is 485 g/mol. The number of fused-ring (bicyclic) bond motifs is 1. The normalized spacial score (nSPS) is 15.6. The first-order valence-corrected chi connectivity index (χ1v) is 13.1. The van der Waals surface area contributed by atoms with Gasteiger partial charge in [0, 0.05) is 41.9 Å². The Morgan fingerprint density at radius 1 is 1.14 bits per heavy atom. The highest BCUT2D eigenvalue weighted by atomic mass is 16.1. The minimum absolute atomic E-state index is 0.0312. The van der Waals surface area contributed by atoms with Crippen LogP contribution in [0.1, 0.15) is 85.6 Å². The van der Waals surface area contributed by atoms with E-state index >= 15 is 0 Å². The Kier molecular flexibility index (Phi) is 7.23. The predicted octanol–water partition coefficient (Wildman–Crippen LogP) is 5.19. The Balaban J connectivity index is 1.54. The standard InChI is InChI=1S/C28H35N7O/c1-4-26(27-31-32-33-35(27)23-10-6-5-7-11-23)34(17-21-9-8-12-29-16-21)18-22-15-24-20(3)13-19(2)14-25(24)30-28(22)36/h8-9,12-16,23,26H,4-7,10-11,17-18H2,1-3H3,(H,30,36). The van der Waals surface area contributed by atoms with Crippen molar-refractivity contribution in [3.05, 3.63) is 81.2 Å². The second kappa shape index (κ2) is 10.7. The lowest BCUT2D eigenvalue weighted by molar-refractivity contribution is 0.155. The largest absolute Gasteiger partial charge is 0.322 e. The summed E-state index contributed by atoms with van der Waals surface area (Å²) in [6.45, 7) is 7.45. The Bertz CT molecular complexity index is 1370. The smallest absolute Gasteiger partial charge is 0.252 e. The van der Waals surface area contributed by atoms with Gasteiger partial charge in [-0.2, -0.15) is 0 Å². The van der Waals surface area contributed by atoms with Crippen molar-refractivity contribution >= 4 is 10.9 Å². The molecule has 1 saturated carbocycles. The minimum atomic E-state index is -0.0505. The predicted molar refractivity (Wildman–Crippen MR) is 140 cm³/mol. The number of H-pyrrole nitrogens is 1. The van der Waals surface area contributed by atoms with Crippen LogP contribution in [0.25, 0.3) is 10.9 Å². The number of tetrazole rings is 1. The molecule has 0 saturated heterocycles. The van der Waals surface area contributed by atoms with Gasteiger partial charge in [0.05, 0.1) is 12.1 Å². The van der Waals surface area contributed by atoms with Gasteiger partial charge in [-0.1, -0.05) is 38.3 Å². The van der Waals surface area contributed by atoms with Gasteiger partial charge in [-0.15, -0.1) is 5.10 Å². The van der Waals surface area contributed by atoms with Crippen molar-refractivity contribution in [1.29, 1.82) is 0 Å². The lowest BCUT2D eigenvalue weighted by Gasteiger charge is -2.32. The first-order valence-electron chi connectivity index (χ1n) is 13.1. The first-order chi connectivity index (χ1) is 17.5. The van der Waals surface area contributed by atoms with Gasteiger partial charge >= 0.3 is 0 Å². The molecular formula is C28H35N7O. The van der Waals surface area contributed by atoms with Crippen LogP contribution in [-0.4, -0.2) is 35.1 Å². The average Bonchev–Trinajstić information content (AvgIpc) is 3.36. The van der Waals surface area contributed by atoms with Gasteiger partial charge in [-0.05, 0) is 78.4 Å². The summed E-state index contributed by atoms with van der Waals surface area (Å²) < 4.78 is 2.06. The Morgan fingerprint density at radius 2 is 1.97 bits per heavy atom. The van der Waals surface area contributed by atoms with Gasteiger partial charge in [-0.25, -0.2) is 4.68 Å². The number of nitrogens with zero attached hydrogens (tertiary/aromatic N) is 6. The summed E-state index contributed by atoms with van der Waals surface area (Å²) in [5.74, 6) is 0.886. The zero-order valence-electron chi connectivity index (χ0n) is 21.4. The fourth-order valence-corrected chi connectivity index (χ4v) is 5.66. The molecule has 4 aromatic rings. The van der Waals surface area contributed by atoms with Crippen LogP contribution in [0.5, 0.6) is 0 Å². The van der Waals surface area contributed by atoms with Crippen LogP contribution in [0.4, 0.5) is 0 Å². The molecule has 0 spiro atoms. The van der Waals surface area contributed by atoms with Crippen molar-refractivity contribution in [1.82, 2.24) is 35.1 Å². The number of aryl methyl sites for hydroxylation is 2. The maximum atomic E-state index is 13.2. The van der Waals surface area contributed by atoms with E-state index in [4.69, 9.17) is 0 Å². The number of benzene rings is 1. The minimum Gasteiger partial charge on any atom is -0.322 e. The molecule has 1 aliphatic rings. The van der Waals surface area contributed by atoms with Crippen LogP contribution in [-0.2, 0) is 13.1 Å². The summed E-state index contributed by atoms with van der Waals surface area (Å²) in [5.41, 5.74) is 4.97. The van der Waals surface area contributed by atoms with E-state index in [1.807, 2.05) is 18.3 Å². The fourth-order valence-electron chi connectivity index (χ4n) is 5.66. The number of pyridine rings is 2. The maximum absolute atomic E-state index is 13.2. The second-order valence-electron chi connectivity index (χ2n) is 10.1. The highest BCUT2D eigenvalue weighted by molar-refractivity contribution is 5.83. The molecule has 0 bridgehead atoms. The SMILES string of the molecule is CCC(c1nnnn1C1CCCCC1)N(Cc1cccnc1)Cc1cc2c(C)cc(C)cc2[nH]c1=O. The number of hydrogen-bond donors (Lipinski definition) is 1. The van der Waals surface area contributed by atoms with Gasteiger partial charge in [0.25, 0.3) is 5.56 Å².